The molecule has 0 aromatic heterocycles. The first-order chi connectivity index (χ1) is 6.00. The molecule has 1 aliphatic rings. The molecule has 0 fully saturated rings. The van der Waals surface area contributed by atoms with Crippen molar-refractivity contribution in [2.75, 3.05) is 13.6 Å². The Bertz CT molecular complexity index is 274. The summed E-state index contributed by atoms with van der Waals surface area (Å²) in [5, 5.41) is 4.54. The first kappa shape index (κ1) is 10.2. The summed E-state index contributed by atoms with van der Waals surface area (Å²) in [7, 11) is 2.12. The van der Waals surface area contributed by atoms with Crippen LogP contribution in [0, 0.1) is 0 Å². The van der Waals surface area contributed by atoms with E-state index in [0.717, 1.165) is 6.54 Å². The van der Waals surface area contributed by atoms with Crippen molar-refractivity contribution in [1.82, 2.24) is 10.0 Å². The van der Waals surface area contributed by atoms with E-state index in [1.165, 1.54) is 22.5 Å². The maximum atomic E-state index is 2.30. The molecule has 0 amide bonds. The Morgan fingerprint density at radius 3 is 1.85 bits per heavy atom. The lowest BCUT2D eigenvalue weighted by atomic mass is 10.0. The average molecular weight is 180 g/mol. The van der Waals surface area contributed by atoms with Gasteiger partial charge in [-0.25, -0.2) is 0 Å². The highest BCUT2D eigenvalue weighted by atomic mass is 15.6. The lowest BCUT2D eigenvalue weighted by Gasteiger charge is -2.41. The maximum absolute atomic E-state index is 2.30. The molecule has 1 rings (SSSR count). The van der Waals surface area contributed by atoms with E-state index in [1.807, 2.05) is 0 Å². The number of hydrazine groups is 1. The Hall–Kier alpha value is -0.920. The van der Waals surface area contributed by atoms with Gasteiger partial charge < -0.3 is 0 Å². The Kier molecular flexibility index (Phi) is 2.69. The van der Waals surface area contributed by atoms with Gasteiger partial charge in [0.05, 0.1) is 0 Å². The van der Waals surface area contributed by atoms with Gasteiger partial charge in [-0.05, 0) is 45.8 Å². The highest BCUT2D eigenvalue weighted by Gasteiger charge is 2.20. The van der Waals surface area contributed by atoms with Crippen LogP contribution in [0.15, 0.2) is 22.5 Å². The molecule has 0 saturated heterocycles. The number of allylic oxidation sites excluding steroid dienone is 4. The third kappa shape index (κ3) is 1.45. The minimum absolute atomic E-state index is 1.03. The lowest BCUT2D eigenvalue weighted by Crippen LogP contribution is -2.40. The van der Waals surface area contributed by atoms with Crippen LogP contribution in [0.3, 0.4) is 0 Å². The van der Waals surface area contributed by atoms with E-state index in [1.54, 1.807) is 0 Å². The van der Waals surface area contributed by atoms with E-state index >= 15 is 0 Å². The fourth-order valence-corrected chi connectivity index (χ4v) is 1.83. The second-order valence-corrected chi connectivity index (χ2v) is 3.66. The van der Waals surface area contributed by atoms with Crippen molar-refractivity contribution in [3.63, 3.8) is 0 Å². The third-order valence-electron chi connectivity index (χ3n) is 3.18. The number of rotatable bonds is 1. The van der Waals surface area contributed by atoms with Crippen molar-refractivity contribution < 1.29 is 0 Å². The van der Waals surface area contributed by atoms with Crippen LogP contribution in [0.25, 0.3) is 0 Å². The summed E-state index contributed by atoms with van der Waals surface area (Å²) in [6.45, 7) is 12.0. The highest BCUT2D eigenvalue weighted by molar-refractivity contribution is 5.36. The Labute approximate surface area is 81.5 Å². The average Bonchev–Trinajstić information content (AvgIpc) is 2.13. The van der Waals surface area contributed by atoms with E-state index in [4.69, 9.17) is 0 Å². The zero-order chi connectivity index (χ0) is 10.2. The van der Waals surface area contributed by atoms with Crippen LogP contribution in [0.1, 0.15) is 34.6 Å². The molecule has 1 heterocycles. The topological polar surface area (TPSA) is 6.48 Å². The second kappa shape index (κ2) is 3.44. The summed E-state index contributed by atoms with van der Waals surface area (Å²) < 4.78 is 0. The fraction of sp³-hybridized carbons (Fsp3) is 0.636. The standard InChI is InChI=1S/C11H20N2/c1-7-13-11(5)9(3)8(2)10(4)12(13)6/h7H2,1-6H3. The van der Waals surface area contributed by atoms with E-state index < -0.39 is 0 Å². The van der Waals surface area contributed by atoms with Gasteiger partial charge in [-0.3, -0.25) is 10.0 Å². The van der Waals surface area contributed by atoms with Gasteiger partial charge in [0, 0.05) is 25.0 Å². The number of hydrogen-bond donors (Lipinski definition) is 0. The minimum atomic E-state index is 1.03. The Balaban J connectivity index is 3.15. The molecule has 0 bridgehead atoms. The van der Waals surface area contributed by atoms with Crippen molar-refractivity contribution in [3.05, 3.63) is 22.5 Å². The van der Waals surface area contributed by atoms with Crippen molar-refractivity contribution in [2.45, 2.75) is 34.6 Å². The van der Waals surface area contributed by atoms with E-state index in [2.05, 4.69) is 51.7 Å². The summed E-state index contributed by atoms with van der Waals surface area (Å²) in [6.07, 6.45) is 0. The van der Waals surface area contributed by atoms with Gasteiger partial charge >= 0.3 is 0 Å². The van der Waals surface area contributed by atoms with Crippen molar-refractivity contribution in [3.8, 4) is 0 Å². The summed E-state index contributed by atoms with van der Waals surface area (Å²) in [5.41, 5.74) is 5.54. The monoisotopic (exact) mass is 180 g/mol. The van der Waals surface area contributed by atoms with Crippen molar-refractivity contribution >= 4 is 0 Å². The van der Waals surface area contributed by atoms with E-state index in [0.29, 0.717) is 0 Å². The van der Waals surface area contributed by atoms with Crippen molar-refractivity contribution in [1.29, 1.82) is 0 Å². The van der Waals surface area contributed by atoms with Gasteiger partial charge in [0.2, 0.25) is 0 Å². The smallest absolute Gasteiger partial charge is 0.0364 e. The predicted octanol–water partition coefficient (Wildman–Crippen LogP) is 2.76. The summed E-state index contributed by atoms with van der Waals surface area (Å²) >= 11 is 0. The van der Waals surface area contributed by atoms with Gasteiger partial charge in [-0.1, -0.05) is 0 Å². The van der Waals surface area contributed by atoms with E-state index in [9.17, 15) is 0 Å². The molecule has 0 radical (unpaired) electrons. The van der Waals surface area contributed by atoms with Gasteiger partial charge in [0.25, 0.3) is 0 Å². The summed E-state index contributed by atoms with van der Waals surface area (Å²) in [5.74, 6) is 0. The van der Waals surface area contributed by atoms with Crippen LogP contribution < -0.4 is 0 Å². The molecular formula is C11H20N2. The molecule has 0 unspecified atom stereocenters. The molecule has 0 aromatic carbocycles. The Morgan fingerprint density at radius 1 is 0.923 bits per heavy atom. The predicted molar refractivity (Wildman–Crippen MR) is 56.9 cm³/mol. The largest absolute Gasteiger partial charge is 0.293 e. The van der Waals surface area contributed by atoms with Gasteiger partial charge in [0.1, 0.15) is 0 Å². The van der Waals surface area contributed by atoms with Crippen molar-refractivity contribution in [2.24, 2.45) is 0 Å². The molecule has 0 atom stereocenters. The summed E-state index contributed by atoms with van der Waals surface area (Å²) in [6, 6.07) is 0. The molecule has 0 spiro atoms. The Morgan fingerprint density at radius 2 is 1.38 bits per heavy atom. The molecule has 2 heteroatoms. The van der Waals surface area contributed by atoms with Crippen LogP contribution in [-0.4, -0.2) is 23.6 Å². The molecule has 0 N–H and O–H groups in total. The van der Waals surface area contributed by atoms with Crippen LogP contribution in [0.2, 0.25) is 0 Å². The summed E-state index contributed by atoms with van der Waals surface area (Å²) in [4.78, 5) is 0. The molecule has 0 aliphatic carbocycles. The first-order valence-corrected chi connectivity index (χ1v) is 4.87. The van der Waals surface area contributed by atoms with Gasteiger partial charge in [-0.2, -0.15) is 0 Å². The highest BCUT2D eigenvalue weighted by Crippen LogP contribution is 2.28. The van der Waals surface area contributed by atoms with Crippen LogP contribution in [0.5, 0.6) is 0 Å². The molecule has 2 nitrogen and oxygen atoms in total. The molecule has 13 heavy (non-hydrogen) atoms. The van der Waals surface area contributed by atoms with Gasteiger partial charge in [0.15, 0.2) is 0 Å². The zero-order valence-electron chi connectivity index (χ0n) is 9.60. The molecule has 74 valence electrons. The fourth-order valence-electron chi connectivity index (χ4n) is 1.83. The maximum Gasteiger partial charge on any atom is 0.0364 e. The zero-order valence-corrected chi connectivity index (χ0v) is 9.60. The SMILES string of the molecule is CCN1C(C)=C(C)C(C)=C(C)N1C. The number of nitrogens with zero attached hydrogens (tertiary/aromatic N) is 2. The second-order valence-electron chi connectivity index (χ2n) is 3.66. The van der Waals surface area contributed by atoms with Crippen LogP contribution >= 0.6 is 0 Å². The normalized spacial score (nSPS) is 18.9. The molecular weight excluding hydrogens is 160 g/mol. The van der Waals surface area contributed by atoms with Gasteiger partial charge in [-0.15, -0.1) is 0 Å². The van der Waals surface area contributed by atoms with Crippen LogP contribution in [-0.2, 0) is 0 Å². The molecule has 1 aliphatic heterocycles. The van der Waals surface area contributed by atoms with Crippen LogP contribution in [0.4, 0.5) is 0 Å². The lowest BCUT2D eigenvalue weighted by molar-refractivity contribution is 0.0734. The van der Waals surface area contributed by atoms with E-state index in [-0.39, 0.29) is 0 Å². The third-order valence-corrected chi connectivity index (χ3v) is 3.18. The number of hydrogen-bond acceptors (Lipinski definition) is 2. The first-order valence-electron chi connectivity index (χ1n) is 4.87. The quantitative estimate of drug-likeness (QED) is 0.612. The molecule has 0 aromatic rings. The molecule has 0 saturated carbocycles. The minimum Gasteiger partial charge on any atom is -0.293 e.